The Morgan fingerprint density at radius 1 is 1.10 bits per heavy atom. The van der Waals surface area contributed by atoms with Crippen molar-refractivity contribution < 1.29 is 23.5 Å². The van der Waals surface area contributed by atoms with Crippen LogP contribution in [0.15, 0.2) is 45.6 Å². The molecule has 0 aromatic carbocycles. The third-order valence-corrected chi connectivity index (χ3v) is 3.59. The van der Waals surface area contributed by atoms with Crippen LogP contribution in [-0.2, 0) is 22.7 Å². The highest BCUT2D eigenvalue weighted by Gasteiger charge is 2.49. The van der Waals surface area contributed by atoms with Crippen LogP contribution in [-0.4, -0.2) is 21.9 Å². The fourth-order valence-corrected chi connectivity index (χ4v) is 2.37. The molecule has 2 atom stereocenters. The molecule has 21 heavy (non-hydrogen) atoms. The van der Waals surface area contributed by atoms with Gasteiger partial charge in [-0.3, -0.25) is 9.59 Å². The van der Waals surface area contributed by atoms with Crippen molar-refractivity contribution >= 4 is 11.9 Å². The van der Waals surface area contributed by atoms with E-state index in [2.05, 4.69) is 0 Å². The Kier molecular flexibility index (Phi) is 3.51. The van der Waals surface area contributed by atoms with E-state index in [1.165, 1.54) is 0 Å². The Hall–Kier alpha value is -2.50. The van der Waals surface area contributed by atoms with Gasteiger partial charge >= 0.3 is 5.97 Å². The molecule has 1 fully saturated rings. The number of carboxylic acids is 1. The zero-order chi connectivity index (χ0) is 14.8. The maximum absolute atomic E-state index is 12.5. The highest BCUT2D eigenvalue weighted by molar-refractivity contribution is 5.89. The molecule has 0 unspecified atom stereocenters. The normalized spacial score (nSPS) is 20.2. The Bertz CT molecular complexity index is 580. The molecule has 0 aliphatic heterocycles. The second-order valence-corrected chi connectivity index (χ2v) is 5.14. The molecule has 6 heteroatoms. The summed E-state index contributed by atoms with van der Waals surface area (Å²) in [6, 6.07) is 7.07. The summed E-state index contributed by atoms with van der Waals surface area (Å²) in [5.74, 6) is -0.773. The number of rotatable bonds is 6. The molecule has 110 valence electrons. The third-order valence-electron chi connectivity index (χ3n) is 3.59. The van der Waals surface area contributed by atoms with Gasteiger partial charge in [-0.1, -0.05) is 0 Å². The van der Waals surface area contributed by atoms with E-state index in [1.807, 2.05) is 0 Å². The molecule has 6 nitrogen and oxygen atoms in total. The number of hydrogen-bond acceptors (Lipinski definition) is 4. The van der Waals surface area contributed by atoms with Crippen molar-refractivity contribution in [3.63, 3.8) is 0 Å². The van der Waals surface area contributed by atoms with E-state index in [4.69, 9.17) is 13.9 Å². The number of nitrogens with zero attached hydrogens (tertiary/aromatic N) is 1. The van der Waals surface area contributed by atoms with Crippen molar-refractivity contribution in [2.24, 2.45) is 11.8 Å². The average Bonchev–Trinajstić information content (AvgIpc) is 2.85. The van der Waals surface area contributed by atoms with Crippen molar-refractivity contribution in [2.45, 2.75) is 19.5 Å². The monoisotopic (exact) mass is 289 g/mol. The van der Waals surface area contributed by atoms with Crippen molar-refractivity contribution in [3.8, 4) is 0 Å². The zero-order valence-corrected chi connectivity index (χ0v) is 11.3. The number of carboxylic acid groups (broad SMARTS) is 1. The second kappa shape index (κ2) is 5.47. The molecule has 1 amide bonds. The summed E-state index contributed by atoms with van der Waals surface area (Å²) in [7, 11) is 0. The molecule has 2 aromatic rings. The van der Waals surface area contributed by atoms with Gasteiger partial charge in [0.2, 0.25) is 5.91 Å². The zero-order valence-electron chi connectivity index (χ0n) is 11.3. The first-order valence-corrected chi connectivity index (χ1v) is 6.71. The summed E-state index contributed by atoms with van der Waals surface area (Å²) in [5, 5.41) is 8.96. The van der Waals surface area contributed by atoms with Gasteiger partial charge in [-0.15, -0.1) is 0 Å². The Morgan fingerprint density at radius 3 is 2.05 bits per heavy atom. The van der Waals surface area contributed by atoms with Gasteiger partial charge in [-0.2, -0.15) is 0 Å². The summed E-state index contributed by atoms with van der Waals surface area (Å²) in [6.07, 6.45) is 3.49. The van der Waals surface area contributed by atoms with Crippen molar-refractivity contribution in [1.29, 1.82) is 0 Å². The molecule has 0 saturated heterocycles. The fraction of sp³-hybridized carbons (Fsp3) is 0.333. The minimum Gasteiger partial charge on any atom is -0.481 e. The maximum Gasteiger partial charge on any atom is 0.307 e. The third kappa shape index (κ3) is 2.99. The van der Waals surface area contributed by atoms with Gasteiger partial charge in [-0.05, 0) is 30.7 Å². The Labute approximate surface area is 121 Å². The SMILES string of the molecule is O=C(O)[C@@H]1C[C@H]1C(=O)N(Cc1ccco1)Cc1ccco1. The van der Waals surface area contributed by atoms with Crippen molar-refractivity contribution in [1.82, 2.24) is 4.90 Å². The molecule has 2 aromatic heterocycles. The van der Waals surface area contributed by atoms with E-state index >= 15 is 0 Å². The lowest BCUT2D eigenvalue weighted by molar-refractivity contribution is -0.142. The van der Waals surface area contributed by atoms with E-state index in [-0.39, 0.29) is 5.91 Å². The van der Waals surface area contributed by atoms with Crippen LogP contribution in [0.5, 0.6) is 0 Å². The van der Waals surface area contributed by atoms with Gasteiger partial charge in [0.1, 0.15) is 11.5 Å². The number of carbonyl (C=O) groups is 2. The van der Waals surface area contributed by atoms with Crippen LogP contribution in [0.4, 0.5) is 0 Å². The van der Waals surface area contributed by atoms with Gasteiger partial charge in [-0.25, -0.2) is 0 Å². The average molecular weight is 289 g/mol. The van der Waals surface area contributed by atoms with E-state index < -0.39 is 17.8 Å². The smallest absolute Gasteiger partial charge is 0.307 e. The van der Waals surface area contributed by atoms with Crippen LogP contribution in [0.3, 0.4) is 0 Å². The highest BCUT2D eigenvalue weighted by atomic mass is 16.4. The molecule has 1 saturated carbocycles. The summed E-state index contributed by atoms with van der Waals surface area (Å²) >= 11 is 0. The fourth-order valence-electron chi connectivity index (χ4n) is 2.37. The molecular weight excluding hydrogens is 274 g/mol. The summed E-state index contributed by atoms with van der Waals surface area (Å²) in [5.41, 5.74) is 0. The number of hydrogen-bond donors (Lipinski definition) is 1. The quantitative estimate of drug-likeness (QED) is 0.880. The first-order valence-electron chi connectivity index (χ1n) is 6.71. The summed E-state index contributed by atoms with van der Waals surface area (Å²) in [4.78, 5) is 25.0. The lowest BCUT2D eigenvalue weighted by Crippen LogP contribution is -2.32. The predicted molar refractivity (Wildman–Crippen MR) is 70.9 cm³/mol. The lowest BCUT2D eigenvalue weighted by Gasteiger charge is -2.20. The summed E-state index contributed by atoms with van der Waals surface area (Å²) < 4.78 is 10.5. The number of carbonyl (C=O) groups excluding carboxylic acids is 1. The van der Waals surface area contributed by atoms with Crippen LogP contribution >= 0.6 is 0 Å². The Morgan fingerprint density at radius 2 is 1.67 bits per heavy atom. The largest absolute Gasteiger partial charge is 0.481 e. The van der Waals surface area contributed by atoms with E-state index in [1.54, 1.807) is 41.7 Å². The van der Waals surface area contributed by atoms with Crippen LogP contribution in [0.25, 0.3) is 0 Å². The molecule has 0 spiro atoms. The first kappa shape index (κ1) is 13.5. The minimum absolute atomic E-state index is 0.171. The molecule has 3 rings (SSSR count). The molecular formula is C15H15NO5. The van der Waals surface area contributed by atoms with Crippen molar-refractivity contribution in [2.75, 3.05) is 0 Å². The van der Waals surface area contributed by atoms with Crippen molar-refractivity contribution in [3.05, 3.63) is 48.3 Å². The second-order valence-electron chi connectivity index (χ2n) is 5.14. The molecule has 1 N–H and O–H groups in total. The molecule has 2 heterocycles. The van der Waals surface area contributed by atoms with Crippen LogP contribution < -0.4 is 0 Å². The van der Waals surface area contributed by atoms with Gasteiger partial charge in [0.15, 0.2) is 0 Å². The Balaban J connectivity index is 1.72. The number of amides is 1. The van der Waals surface area contributed by atoms with E-state index in [9.17, 15) is 9.59 Å². The van der Waals surface area contributed by atoms with Crippen LogP contribution in [0.2, 0.25) is 0 Å². The van der Waals surface area contributed by atoms with E-state index in [0.29, 0.717) is 31.0 Å². The maximum atomic E-state index is 12.5. The van der Waals surface area contributed by atoms with Gasteiger partial charge in [0, 0.05) is 0 Å². The number of furan rings is 2. The summed E-state index contributed by atoms with van der Waals surface area (Å²) in [6.45, 7) is 0.602. The van der Waals surface area contributed by atoms with Crippen LogP contribution in [0, 0.1) is 11.8 Å². The lowest BCUT2D eigenvalue weighted by atomic mass is 10.2. The first-order chi connectivity index (χ1) is 10.1. The van der Waals surface area contributed by atoms with Gasteiger partial charge in [0.25, 0.3) is 0 Å². The van der Waals surface area contributed by atoms with Gasteiger partial charge < -0.3 is 18.8 Å². The standard InChI is InChI=1S/C15H15NO5/c17-14(12-7-13(12)15(18)19)16(8-10-3-1-5-20-10)9-11-4-2-6-21-11/h1-6,12-13H,7-9H2,(H,18,19)/t12-,13-/m1/s1. The highest BCUT2D eigenvalue weighted by Crippen LogP contribution is 2.40. The molecule has 0 radical (unpaired) electrons. The molecule has 1 aliphatic carbocycles. The predicted octanol–water partition coefficient (Wildman–Crippen LogP) is 2.12. The topological polar surface area (TPSA) is 83.9 Å². The molecule has 0 bridgehead atoms. The number of aliphatic carboxylic acids is 1. The minimum atomic E-state index is -0.913. The molecule has 1 aliphatic rings. The van der Waals surface area contributed by atoms with Crippen LogP contribution in [0.1, 0.15) is 17.9 Å². The van der Waals surface area contributed by atoms with E-state index in [0.717, 1.165) is 0 Å². The van der Waals surface area contributed by atoms with Gasteiger partial charge in [0.05, 0.1) is 37.5 Å².